The summed E-state index contributed by atoms with van der Waals surface area (Å²) in [4.78, 5) is 27.4. The molecule has 0 aliphatic carbocycles. The standard InChI is InChI=1S/C19H19ClN2O3S/c1-22(11-12-5-3-4-6-15(12)25-2)18(23)10-17-19(24)21-14-9-13(20)7-8-16(14)26-17/h3-9,17H,10-11H2,1-2H3,(H,21,24)/t17-/m0/s1. The van der Waals surface area contributed by atoms with Gasteiger partial charge in [-0.05, 0) is 24.3 Å². The minimum Gasteiger partial charge on any atom is -0.496 e. The number of hydrogen-bond acceptors (Lipinski definition) is 4. The Labute approximate surface area is 161 Å². The maximum Gasteiger partial charge on any atom is 0.238 e. The number of ether oxygens (including phenoxy) is 1. The number of anilines is 1. The van der Waals surface area contributed by atoms with E-state index in [0.717, 1.165) is 16.2 Å². The van der Waals surface area contributed by atoms with Crippen LogP contribution in [-0.2, 0) is 16.1 Å². The Balaban J connectivity index is 1.65. The summed E-state index contributed by atoms with van der Waals surface area (Å²) < 4.78 is 5.32. The van der Waals surface area contributed by atoms with Gasteiger partial charge in [-0.2, -0.15) is 0 Å². The number of carbonyl (C=O) groups is 2. The minimum absolute atomic E-state index is 0.0963. The van der Waals surface area contributed by atoms with E-state index in [1.54, 1.807) is 31.2 Å². The highest BCUT2D eigenvalue weighted by molar-refractivity contribution is 8.01. The summed E-state index contributed by atoms with van der Waals surface area (Å²) in [5.41, 5.74) is 1.62. The fraction of sp³-hybridized carbons (Fsp3) is 0.263. The van der Waals surface area contributed by atoms with Gasteiger partial charge >= 0.3 is 0 Å². The molecule has 136 valence electrons. The molecule has 0 unspecified atom stereocenters. The summed E-state index contributed by atoms with van der Waals surface area (Å²) in [7, 11) is 3.33. The number of benzene rings is 2. The average Bonchev–Trinajstić information content (AvgIpc) is 2.62. The van der Waals surface area contributed by atoms with Crippen molar-refractivity contribution in [2.75, 3.05) is 19.5 Å². The smallest absolute Gasteiger partial charge is 0.238 e. The van der Waals surface area contributed by atoms with Crippen LogP contribution in [-0.4, -0.2) is 36.1 Å². The Morgan fingerprint density at radius 2 is 2.08 bits per heavy atom. The lowest BCUT2D eigenvalue weighted by Gasteiger charge is -2.26. The van der Waals surface area contributed by atoms with Crippen molar-refractivity contribution in [1.82, 2.24) is 4.90 Å². The van der Waals surface area contributed by atoms with Gasteiger partial charge in [-0.25, -0.2) is 0 Å². The van der Waals surface area contributed by atoms with Crippen LogP contribution >= 0.6 is 23.4 Å². The highest BCUT2D eigenvalue weighted by Gasteiger charge is 2.30. The summed E-state index contributed by atoms with van der Waals surface area (Å²) >= 11 is 7.35. The average molecular weight is 391 g/mol. The Bertz CT molecular complexity index is 843. The third kappa shape index (κ3) is 4.14. The number of carbonyl (C=O) groups excluding carboxylic acids is 2. The Morgan fingerprint density at radius 1 is 1.31 bits per heavy atom. The Morgan fingerprint density at radius 3 is 2.85 bits per heavy atom. The molecular weight excluding hydrogens is 372 g/mol. The summed E-state index contributed by atoms with van der Waals surface area (Å²) in [6, 6.07) is 12.9. The zero-order valence-electron chi connectivity index (χ0n) is 14.5. The third-order valence-corrected chi connectivity index (χ3v) is 5.66. The second kappa shape index (κ2) is 8.01. The quantitative estimate of drug-likeness (QED) is 0.843. The van der Waals surface area contributed by atoms with Crippen LogP contribution in [0.5, 0.6) is 5.75 Å². The van der Waals surface area contributed by atoms with Crippen molar-refractivity contribution in [2.24, 2.45) is 0 Å². The number of nitrogens with one attached hydrogen (secondary N) is 1. The molecule has 1 N–H and O–H groups in total. The number of thioether (sulfide) groups is 1. The number of hydrogen-bond donors (Lipinski definition) is 1. The van der Waals surface area contributed by atoms with Crippen molar-refractivity contribution in [1.29, 1.82) is 0 Å². The summed E-state index contributed by atoms with van der Waals surface area (Å²) in [5.74, 6) is 0.465. The van der Waals surface area contributed by atoms with E-state index in [9.17, 15) is 9.59 Å². The van der Waals surface area contributed by atoms with E-state index >= 15 is 0 Å². The van der Waals surface area contributed by atoms with Crippen molar-refractivity contribution >= 4 is 40.9 Å². The zero-order chi connectivity index (χ0) is 18.7. The highest BCUT2D eigenvalue weighted by atomic mass is 35.5. The number of amides is 2. The highest BCUT2D eigenvalue weighted by Crippen LogP contribution is 2.38. The summed E-state index contributed by atoms with van der Waals surface area (Å²) in [6.45, 7) is 0.425. The molecule has 26 heavy (non-hydrogen) atoms. The van der Waals surface area contributed by atoms with Crippen molar-refractivity contribution < 1.29 is 14.3 Å². The number of nitrogens with zero attached hydrogens (tertiary/aromatic N) is 1. The van der Waals surface area contributed by atoms with E-state index < -0.39 is 5.25 Å². The van der Waals surface area contributed by atoms with Crippen molar-refractivity contribution in [3.63, 3.8) is 0 Å². The number of methoxy groups -OCH3 is 1. The SMILES string of the molecule is COc1ccccc1CN(C)C(=O)C[C@@H]1Sc2ccc(Cl)cc2NC1=O. The van der Waals surface area contributed by atoms with Gasteiger partial charge in [0.15, 0.2) is 0 Å². The van der Waals surface area contributed by atoms with Gasteiger partial charge in [-0.1, -0.05) is 29.8 Å². The Kier molecular flexibility index (Phi) is 5.74. The number of fused-ring (bicyclic) bond motifs is 1. The number of rotatable bonds is 5. The van der Waals surface area contributed by atoms with Crippen LogP contribution in [0, 0.1) is 0 Å². The van der Waals surface area contributed by atoms with Crippen molar-refractivity contribution in [3.8, 4) is 5.75 Å². The first-order chi connectivity index (χ1) is 12.5. The normalized spacial score (nSPS) is 15.8. The first kappa shape index (κ1) is 18.6. The first-order valence-electron chi connectivity index (χ1n) is 8.11. The third-order valence-electron chi connectivity index (χ3n) is 4.15. The van der Waals surface area contributed by atoms with E-state index in [-0.39, 0.29) is 18.2 Å². The van der Waals surface area contributed by atoms with Crippen LogP contribution in [0.4, 0.5) is 5.69 Å². The van der Waals surface area contributed by atoms with Gasteiger partial charge in [0.25, 0.3) is 0 Å². The molecule has 2 aromatic rings. The molecular formula is C19H19ClN2O3S. The number of halogens is 1. The lowest BCUT2D eigenvalue weighted by molar-refractivity contribution is -0.131. The molecule has 0 bridgehead atoms. The Hall–Kier alpha value is -2.18. The molecule has 2 amide bonds. The van der Waals surface area contributed by atoms with Gasteiger partial charge in [-0.15, -0.1) is 11.8 Å². The molecule has 0 radical (unpaired) electrons. The van der Waals surface area contributed by atoms with Gasteiger partial charge in [-0.3, -0.25) is 9.59 Å². The lowest BCUT2D eigenvalue weighted by atomic mass is 10.1. The fourth-order valence-electron chi connectivity index (χ4n) is 2.75. The molecule has 2 aromatic carbocycles. The van der Waals surface area contributed by atoms with Gasteiger partial charge < -0.3 is 15.0 Å². The predicted octanol–water partition coefficient (Wildman–Crippen LogP) is 3.81. The van der Waals surface area contributed by atoms with Crippen LogP contribution in [0.2, 0.25) is 5.02 Å². The van der Waals surface area contributed by atoms with Crippen LogP contribution in [0.15, 0.2) is 47.4 Å². The van der Waals surface area contributed by atoms with Crippen LogP contribution in [0.1, 0.15) is 12.0 Å². The topological polar surface area (TPSA) is 58.6 Å². The van der Waals surface area contributed by atoms with Gasteiger partial charge in [0.2, 0.25) is 11.8 Å². The van der Waals surface area contributed by atoms with Crippen LogP contribution < -0.4 is 10.1 Å². The van der Waals surface area contributed by atoms with Crippen LogP contribution in [0.25, 0.3) is 0 Å². The summed E-state index contributed by atoms with van der Waals surface area (Å²) in [5, 5.41) is 2.93. The van der Waals surface area contributed by atoms with E-state index in [4.69, 9.17) is 16.3 Å². The molecule has 0 fully saturated rings. The maximum atomic E-state index is 12.6. The van der Waals surface area contributed by atoms with Gasteiger partial charge in [0, 0.05) is 35.5 Å². The van der Waals surface area contributed by atoms with E-state index in [2.05, 4.69) is 5.32 Å². The van der Waals surface area contributed by atoms with Gasteiger partial charge in [0.05, 0.1) is 18.0 Å². The van der Waals surface area contributed by atoms with Gasteiger partial charge in [0.1, 0.15) is 5.75 Å². The van der Waals surface area contributed by atoms with Crippen molar-refractivity contribution in [2.45, 2.75) is 23.1 Å². The maximum absolute atomic E-state index is 12.6. The molecule has 1 aliphatic heterocycles. The minimum atomic E-state index is -0.462. The molecule has 0 spiro atoms. The molecule has 0 saturated heterocycles. The molecule has 3 rings (SSSR count). The van der Waals surface area contributed by atoms with Crippen LogP contribution in [0.3, 0.4) is 0 Å². The van der Waals surface area contributed by atoms with Crippen molar-refractivity contribution in [3.05, 3.63) is 53.1 Å². The monoisotopic (exact) mass is 390 g/mol. The first-order valence-corrected chi connectivity index (χ1v) is 9.36. The second-order valence-electron chi connectivity index (χ2n) is 6.00. The largest absolute Gasteiger partial charge is 0.496 e. The second-order valence-corrected chi connectivity index (χ2v) is 7.68. The van der Waals surface area contributed by atoms with E-state index in [1.165, 1.54) is 11.8 Å². The summed E-state index contributed by atoms with van der Waals surface area (Å²) in [6.07, 6.45) is 0.129. The molecule has 0 saturated carbocycles. The van der Waals surface area contributed by atoms with E-state index in [0.29, 0.717) is 17.3 Å². The lowest BCUT2D eigenvalue weighted by Crippen LogP contribution is -2.35. The molecule has 1 atom stereocenters. The predicted molar refractivity (Wildman–Crippen MR) is 104 cm³/mol. The fourth-order valence-corrected chi connectivity index (χ4v) is 4.00. The van der Waals surface area contributed by atoms with E-state index in [1.807, 2.05) is 30.3 Å². The molecule has 7 heteroatoms. The molecule has 5 nitrogen and oxygen atoms in total. The molecule has 1 heterocycles. The zero-order valence-corrected chi connectivity index (χ0v) is 16.1. The number of para-hydroxylation sites is 1. The molecule has 0 aromatic heterocycles. The molecule has 1 aliphatic rings.